The summed E-state index contributed by atoms with van der Waals surface area (Å²) in [5, 5.41) is 11.5. The monoisotopic (exact) mass is 256 g/mol. The Morgan fingerprint density at radius 3 is 2.39 bits per heavy atom. The van der Waals surface area contributed by atoms with Gasteiger partial charge in [-0.15, -0.1) is 0 Å². The Kier molecular flexibility index (Phi) is 5.12. The number of likely N-dealkylation sites (N-methyl/N-ethyl adjacent to an activating group) is 2. The van der Waals surface area contributed by atoms with Crippen LogP contribution in [0.1, 0.15) is 26.2 Å². The molecule has 1 aliphatic rings. The van der Waals surface area contributed by atoms with Crippen molar-refractivity contribution in [1.29, 1.82) is 0 Å². The molecule has 0 aromatic carbocycles. The Morgan fingerprint density at radius 1 is 1.28 bits per heavy atom. The molecular weight excluding hydrogens is 236 g/mol. The maximum atomic E-state index is 12.0. The summed E-state index contributed by atoms with van der Waals surface area (Å²) < 4.78 is 0. The second-order valence-corrected chi connectivity index (χ2v) is 4.69. The molecule has 2 atom stereocenters. The number of rotatable bonds is 5. The predicted molar refractivity (Wildman–Crippen MR) is 64.8 cm³/mol. The molecule has 1 aliphatic carbocycles. The van der Waals surface area contributed by atoms with Gasteiger partial charge in [-0.3, -0.25) is 14.4 Å². The zero-order valence-corrected chi connectivity index (χ0v) is 10.8. The maximum absolute atomic E-state index is 12.0. The summed E-state index contributed by atoms with van der Waals surface area (Å²) in [5.41, 5.74) is 0. The molecule has 2 unspecified atom stereocenters. The number of amides is 2. The van der Waals surface area contributed by atoms with E-state index in [9.17, 15) is 14.4 Å². The Hall–Kier alpha value is -1.59. The van der Waals surface area contributed by atoms with Crippen LogP contribution in [0.25, 0.3) is 0 Å². The standard InChI is InChI=1S/C12H20N2O4/c1-3-13-10(15)7-14(2)11(16)8-4-5-9(6-8)12(17)18/h8-9H,3-7H2,1-2H3,(H,13,15)(H,17,18). The van der Waals surface area contributed by atoms with E-state index < -0.39 is 11.9 Å². The second kappa shape index (κ2) is 6.37. The van der Waals surface area contributed by atoms with Crippen LogP contribution >= 0.6 is 0 Å². The summed E-state index contributed by atoms with van der Waals surface area (Å²) in [4.78, 5) is 35.5. The van der Waals surface area contributed by atoms with E-state index in [2.05, 4.69) is 5.32 Å². The highest BCUT2D eigenvalue weighted by atomic mass is 16.4. The lowest BCUT2D eigenvalue weighted by atomic mass is 10.0. The average molecular weight is 256 g/mol. The Bertz CT molecular complexity index is 343. The van der Waals surface area contributed by atoms with Gasteiger partial charge in [0.05, 0.1) is 12.5 Å². The third kappa shape index (κ3) is 3.72. The minimum atomic E-state index is -0.836. The van der Waals surface area contributed by atoms with E-state index in [1.807, 2.05) is 6.92 Å². The fraction of sp³-hybridized carbons (Fsp3) is 0.750. The van der Waals surface area contributed by atoms with Gasteiger partial charge in [0.25, 0.3) is 0 Å². The summed E-state index contributed by atoms with van der Waals surface area (Å²) in [7, 11) is 1.58. The van der Waals surface area contributed by atoms with Gasteiger partial charge < -0.3 is 15.3 Å². The molecule has 1 rings (SSSR count). The normalized spacial score (nSPS) is 22.6. The number of carboxylic acids is 1. The third-order valence-corrected chi connectivity index (χ3v) is 3.26. The summed E-state index contributed by atoms with van der Waals surface area (Å²) in [6.07, 6.45) is 1.52. The summed E-state index contributed by atoms with van der Waals surface area (Å²) in [6.45, 7) is 2.38. The van der Waals surface area contributed by atoms with Crippen LogP contribution in [0.4, 0.5) is 0 Å². The number of aliphatic carboxylic acids is 1. The lowest BCUT2D eigenvalue weighted by Crippen LogP contribution is -2.40. The zero-order chi connectivity index (χ0) is 13.7. The molecular formula is C12H20N2O4. The average Bonchev–Trinajstić information content (AvgIpc) is 2.77. The van der Waals surface area contributed by atoms with Crippen LogP contribution in [-0.4, -0.2) is 47.9 Å². The van der Waals surface area contributed by atoms with E-state index in [1.165, 1.54) is 4.90 Å². The highest BCUT2D eigenvalue weighted by Gasteiger charge is 2.35. The number of carboxylic acid groups (broad SMARTS) is 1. The fourth-order valence-corrected chi connectivity index (χ4v) is 2.29. The van der Waals surface area contributed by atoms with Gasteiger partial charge in [-0.25, -0.2) is 0 Å². The van der Waals surface area contributed by atoms with E-state index in [1.54, 1.807) is 7.05 Å². The number of carbonyl (C=O) groups excluding carboxylic acids is 2. The van der Waals surface area contributed by atoms with E-state index in [0.29, 0.717) is 25.8 Å². The Balaban J connectivity index is 2.45. The van der Waals surface area contributed by atoms with Gasteiger partial charge in [-0.05, 0) is 26.2 Å². The summed E-state index contributed by atoms with van der Waals surface area (Å²) >= 11 is 0. The molecule has 6 heteroatoms. The van der Waals surface area contributed by atoms with E-state index in [4.69, 9.17) is 5.11 Å². The predicted octanol–water partition coefficient (Wildman–Crippen LogP) is 0.0818. The molecule has 1 fully saturated rings. The molecule has 0 aliphatic heterocycles. The highest BCUT2D eigenvalue weighted by Crippen LogP contribution is 2.32. The minimum Gasteiger partial charge on any atom is -0.481 e. The van der Waals surface area contributed by atoms with Crippen molar-refractivity contribution in [3.8, 4) is 0 Å². The molecule has 0 heterocycles. The molecule has 0 aromatic heterocycles. The van der Waals surface area contributed by atoms with E-state index in [0.717, 1.165) is 0 Å². The first-order valence-electron chi connectivity index (χ1n) is 6.20. The Morgan fingerprint density at radius 2 is 1.89 bits per heavy atom. The SMILES string of the molecule is CCNC(=O)CN(C)C(=O)C1CCC(C(=O)O)C1. The van der Waals surface area contributed by atoms with Crippen LogP contribution in [0.3, 0.4) is 0 Å². The number of carbonyl (C=O) groups is 3. The molecule has 1 saturated carbocycles. The van der Waals surface area contributed by atoms with E-state index in [-0.39, 0.29) is 24.3 Å². The van der Waals surface area contributed by atoms with Gasteiger partial charge in [0.15, 0.2) is 0 Å². The van der Waals surface area contributed by atoms with Crippen LogP contribution in [0.5, 0.6) is 0 Å². The largest absolute Gasteiger partial charge is 0.481 e. The number of hydrogen-bond donors (Lipinski definition) is 2. The summed E-state index contributed by atoms with van der Waals surface area (Å²) in [5.74, 6) is -1.84. The summed E-state index contributed by atoms with van der Waals surface area (Å²) in [6, 6.07) is 0. The van der Waals surface area contributed by atoms with Gasteiger partial charge in [0.2, 0.25) is 11.8 Å². The lowest BCUT2D eigenvalue weighted by Gasteiger charge is -2.20. The molecule has 102 valence electrons. The van der Waals surface area contributed by atoms with Crippen molar-refractivity contribution in [1.82, 2.24) is 10.2 Å². The molecule has 18 heavy (non-hydrogen) atoms. The van der Waals surface area contributed by atoms with Gasteiger partial charge in [-0.2, -0.15) is 0 Å². The highest BCUT2D eigenvalue weighted by molar-refractivity contribution is 5.86. The smallest absolute Gasteiger partial charge is 0.306 e. The van der Waals surface area contributed by atoms with Crippen molar-refractivity contribution < 1.29 is 19.5 Å². The van der Waals surface area contributed by atoms with Crippen molar-refractivity contribution >= 4 is 17.8 Å². The molecule has 0 aromatic rings. The van der Waals surface area contributed by atoms with Gasteiger partial charge in [0, 0.05) is 19.5 Å². The molecule has 0 spiro atoms. The molecule has 6 nitrogen and oxygen atoms in total. The number of nitrogens with zero attached hydrogens (tertiary/aromatic N) is 1. The molecule has 0 radical (unpaired) electrons. The van der Waals surface area contributed by atoms with Gasteiger partial charge in [0.1, 0.15) is 0 Å². The van der Waals surface area contributed by atoms with Crippen LogP contribution in [-0.2, 0) is 14.4 Å². The fourth-order valence-electron chi connectivity index (χ4n) is 2.29. The van der Waals surface area contributed by atoms with Gasteiger partial charge in [-0.1, -0.05) is 0 Å². The van der Waals surface area contributed by atoms with Crippen molar-refractivity contribution in [3.05, 3.63) is 0 Å². The van der Waals surface area contributed by atoms with Crippen molar-refractivity contribution in [3.63, 3.8) is 0 Å². The minimum absolute atomic E-state index is 0.0287. The van der Waals surface area contributed by atoms with Crippen LogP contribution < -0.4 is 5.32 Å². The number of nitrogens with one attached hydrogen (secondary N) is 1. The Labute approximate surface area is 106 Å². The van der Waals surface area contributed by atoms with Gasteiger partial charge >= 0.3 is 5.97 Å². The van der Waals surface area contributed by atoms with Crippen LogP contribution in [0.2, 0.25) is 0 Å². The molecule has 2 N–H and O–H groups in total. The molecule has 0 saturated heterocycles. The third-order valence-electron chi connectivity index (χ3n) is 3.26. The van der Waals surface area contributed by atoms with E-state index >= 15 is 0 Å². The second-order valence-electron chi connectivity index (χ2n) is 4.69. The van der Waals surface area contributed by atoms with Crippen LogP contribution in [0, 0.1) is 11.8 Å². The first kappa shape index (κ1) is 14.5. The first-order valence-corrected chi connectivity index (χ1v) is 6.20. The lowest BCUT2D eigenvalue weighted by molar-refractivity contribution is -0.142. The van der Waals surface area contributed by atoms with Crippen LogP contribution in [0.15, 0.2) is 0 Å². The number of hydrogen-bond acceptors (Lipinski definition) is 3. The van der Waals surface area contributed by atoms with Crippen molar-refractivity contribution in [2.24, 2.45) is 11.8 Å². The topological polar surface area (TPSA) is 86.7 Å². The molecule has 2 amide bonds. The van der Waals surface area contributed by atoms with Crippen molar-refractivity contribution in [2.45, 2.75) is 26.2 Å². The maximum Gasteiger partial charge on any atom is 0.306 e. The zero-order valence-electron chi connectivity index (χ0n) is 10.8. The molecule has 0 bridgehead atoms. The van der Waals surface area contributed by atoms with Crippen molar-refractivity contribution in [2.75, 3.05) is 20.1 Å². The quantitative estimate of drug-likeness (QED) is 0.729. The first-order chi connectivity index (χ1) is 8.45.